The van der Waals surface area contributed by atoms with Gasteiger partial charge in [-0.2, -0.15) is 0 Å². The number of hydrogen-bond acceptors (Lipinski definition) is 1. The lowest BCUT2D eigenvalue weighted by Crippen LogP contribution is -1.92. The molecule has 0 saturated carbocycles. The first-order chi connectivity index (χ1) is 19.0. The molecule has 0 amide bonds. The summed E-state index contributed by atoms with van der Waals surface area (Å²) >= 11 is 0. The van der Waals surface area contributed by atoms with E-state index in [0.717, 1.165) is 28.1 Å². The summed E-state index contributed by atoms with van der Waals surface area (Å²) in [6, 6.07) is 47.8. The van der Waals surface area contributed by atoms with Crippen molar-refractivity contribution in [3.8, 4) is 55.9 Å². The van der Waals surface area contributed by atoms with Gasteiger partial charge in [0.05, 0.1) is 11.4 Å². The Hall–Kier alpha value is -4.75. The van der Waals surface area contributed by atoms with Gasteiger partial charge in [-0.25, -0.2) is 4.98 Å². The Balaban J connectivity index is 1.45. The van der Waals surface area contributed by atoms with E-state index < -0.39 is 0 Å². The predicted molar refractivity (Wildman–Crippen MR) is 166 cm³/mol. The summed E-state index contributed by atoms with van der Waals surface area (Å²) in [7, 11) is 0. The molecule has 0 fully saturated rings. The van der Waals surface area contributed by atoms with Crippen LogP contribution in [0, 0.1) is 20.8 Å². The fourth-order valence-corrected chi connectivity index (χ4v) is 5.10. The van der Waals surface area contributed by atoms with Crippen LogP contribution < -0.4 is 0 Å². The molecule has 0 radical (unpaired) electrons. The lowest BCUT2D eigenvalue weighted by molar-refractivity contribution is 1.32. The monoisotopic (exact) mass is 501 g/mol. The smallest absolute Gasteiger partial charge is 0.0715 e. The maximum atomic E-state index is 5.15. The van der Waals surface area contributed by atoms with Crippen LogP contribution in [0.4, 0.5) is 0 Å². The largest absolute Gasteiger partial charge is 0.248 e. The SMILES string of the molecule is Cc1ccc(-c2ccc(-c3cc(-c4ccccc4)nc(-c4cccc(-c5cc(C)ccc5C)c4)c3)cc2)cc1. The van der Waals surface area contributed by atoms with Gasteiger partial charge < -0.3 is 0 Å². The van der Waals surface area contributed by atoms with E-state index >= 15 is 0 Å². The third kappa shape index (κ3) is 5.30. The molecule has 0 aliphatic heterocycles. The lowest BCUT2D eigenvalue weighted by Gasteiger charge is -2.13. The maximum absolute atomic E-state index is 5.15. The average Bonchev–Trinajstić information content (AvgIpc) is 2.99. The normalized spacial score (nSPS) is 10.9. The second-order valence-electron chi connectivity index (χ2n) is 10.3. The zero-order chi connectivity index (χ0) is 26.8. The molecule has 0 N–H and O–H groups in total. The van der Waals surface area contributed by atoms with Gasteiger partial charge >= 0.3 is 0 Å². The predicted octanol–water partition coefficient (Wildman–Crippen LogP) is 10.3. The highest BCUT2D eigenvalue weighted by Gasteiger charge is 2.11. The number of rotatable bonds is 5. The molecule has 1 heterocycles. The van der Waals surface area contributed by atoms with Crippen molar-refractivity contribution in [2.24, 2.45) is 0 Å². The van der Waals surface area contributed by atoms with Crippen molar-refractivity contribution in [1.82, 2.24) is 4.98 Å². The van der Waals surface area contributed by atoms with Gasteiger partial charge in [-0.3, -0.25) is 0 Å². The quantitative estimate of drug-likeness (QED) is 0.229. The van der Waals surface area contributed by atoms with Crippen LogP contribution in [0.15, 0.2) is 133 Å². The molecule has 5 aromatic carbocycles. The molecule has 39 heavy (non-hydrogen) atoms. The van der Waals surface area contributed by atoms with E-state index in [9.17, 15) is 0 Å². The second-order valence-corrected chi connectivity index (χ2v) is 10.3. The minimum atomic E-state index is 0.973. The van der Waals surface area contributed by atoms with Gasteiger partial charge in [-0.15, -0.1) is 0 Å². The summed E-state index contributed by atoms with van der Waals surface area (Å²) in [4.78, 5) is 5.15. The minimum absolute atomic E-state index is 0.973. The van der Waals surface area contributed by atoms with Crippen molar-refractivity contribution < 1.29 is 0 Å². The van der Waals surface area contributed by atoms with Crippen LogP contribution in [0.3, 0.4) is 0 Å². The number of aromatic nitrogens is 1. The van der Waals surface area contributed by atoms with E-state index in [1.807, 2.05) is 6.07 Å². The van der Waals surface area contributed by atoms with Crippen molar-refractivity contribution in [1.29, 1.82) is 0 Å². The summed E-state index contributed by atoms with van der Waals surface area (Å²) in [5.74, 6) is 0. The van der Waals surface area contributed by atoms with E-state index in [-0.39, 0.29) is 0 Å². The van der Waals surface area contributed by atoms with Gasteiger partial charge in [0, 0.05) is 11.1 Å². The third-order valence-corrected chi connectivity index (χ3v) is 7.36. The van der Waals surface area contributed by atoms with Gasteiger partial charge in [-0.05, 0) is 77.9 Å². The number of pyridine rings is 1. The minimum Gasteiger partial charge on any atom is -0.248 e. The highest BCUT2D eigenvalue weighted by atomic mass is 14.7. The van der Waals surface area contributed by atoms with Crippen molar-refractivity contribution >= 4 is 0 Å². The molecule has 1 heteroatoms. The molecule has 0 saturated heterocycles. The molecule has 0 aliphatic carbocycles. The first-order valence-electron chi connectivity index (χ1n) is 13.5. The second kappa shape index (κ2) is 10.6. The van der Waals surface area contributed by atoms with Gasteiger partial charge in [0.15, 0.2) is 0 Å². The summed E-state index contributed by atoms with van der Waals surface area (Å²) in [5.41, 5.74) is 15.3. The van der Waals surface area contributed by atoms with Gasteiger partial charge in [0.2, 0.25) is 0 Å². The van der Waals surface area contributed by atoms with Crippen LogP contribution in [0.1, 0.15) is 16.7 Å². The molecular weight excluding hydrogens is 470 g/mol. The average molecular weight is 502 g/mol. The molecule has 0 atom stereocenters. The molecule has 6 rings (SSSR count). The fraction of sp³-hybridized carbons (Fsp3) is 0.0789. The standard InChI is InChI=1S/C38H31N/c1-26-13-16-29(17-14-26)30-18-20-31(21-19-30)35-24-37(32-8-5-4-6-9-32)39-38(25-35)34-11-7-10-33(23-34)36-22-27(2)12-15-28(36)3/h4-25H,1-3H3. The molecule has 0 spiro atoms. The van der Waals surface area contributed by atoms with Crippen LogP contribution in [0.25, 0.3) is 55.9 Å². The van der Waals surface area contributed by atoms with E-state index in [1.54, 1.807) is 0 Å². The molecule has 0 bridgehead atoms. The van der Waals surface area contributed by atoms with Crippen molar-refractivity contribution in [2.45, 2.75) is 20.8 Å². The Morgan fingerprint density at radius 1 is 0.359 bits per heavy atom. The molecule has 1 nitrogen and oxygen atoms in total. The van der Waals surface area contributed by atoms with Crippen LogP contribution in [0.2, 0.25) is 0 Å². The molecule has 6 aromatic rings. The molecular formula is C38H31N. The molecule has 188 valence electrons. The van der Waals surface area contributed by atoms with Crippen LogP contribution in [-0.2, 0) is 0 Å². The first kappa shape index (κ1) is 24.6. The van der Waals surface area contributed by atoms with E-state index in [2.05, 4.69) is 148 Å². The van der Waals surface area contributed by atoms with Crippen LogP contribution >= 0.6 is 0 Å². The maximum Gasteiger partial charge on any atom is 0.0715 e. The Kier molecular flexibility index (Phi) is 6.65. The van der Waals surface area contributed by atoms with Crippen molar-refractivity contribution in [3.05, 3.63) is 150 Å². The zero-order valence-corrected chi connectivity index (χ0v) is 22.6. The number of nitrogens with zero attached hydrogens (tertiary/aromatic N) is 1. The first-order valence-corrected chi connectivity index (χ1v) is 13.5. The number of hydrogen-bond donors (Lipinski definition) is 0. The van der Waals surface area contributed by atoms with E-state index in [1.165, 1.54) is 44.5 Å². The number of aryl methyl sites for hydroxylation is 3. The molecule has 0 unspecified atom stereocenters. The molecule has 1 aromatic heterocycles. The third-order valence-electron chi connectivity index (χ3n) is 7.36. The van der Waals surface area contributed by atoms with E-state index in [0.29, 0.717) is 0 Å². The topological polar surface area (TPSA) is 12.9 Å². The highest BCUT2D eigenvalue weighted by molar-refractivity contribution is 5.80. The molecule has 0 aliphatic rings. The summed E-state index contributed by atoms with van der Waals surface area (Å²) in [6.45, 7) is 6.44. The van der Waals surface area contributed by atoms with Crippen molar-refractivity contribution in [3.63, 3.8) is 0 Å². The summed E-state index contributed by atoms with van der Waals surface area (Å²) in [6.07, 6.45) is 0. The van der Waals surface area contributed by atoms with Gasteiger partial charge in [0.1, 0.15) is 0 Å². The van der Waals surface area contributed by atoms with Gasteiger partial charge in [-0.1, -0.05) is 126 Å². The Bertz CT molecular complexity index is 1740. The zero-order valence-electron chi connectivity index (χ0n) is 22.6. The van der Waals surface area contributed by atoms with Gasteiger partial charge in [0.25, 0.3) is 0 Å². The van der Waals surface area contributed by atoms with Crippen LogP contribution in [0.5, 0.6) is 0 Å². The Morgan fingerprint density at radius 2 is 0.897 bits per heavy atom. The van der Waals surface area contributed by atoms with Crippen LogP contribution in [-0.4, -0.2) is 4.98 Å². The van der Waals surface area contributed by atoms with Crippen molar-refractivity contribution in [2.75, 3.05) is 0 Å². The Labute approximate surface area is 231 Å². The highest BCUT2D eigenvalue weighted by Crippen LogP contribution is 2.34. The summed E-state index contributed by atoms with van der Waals surface area (Å²) < 4.78 is 0. The fourth-order valence-electron chi connectivity index (χ4n) is 5.10. The lowest BCUT2D eigenvalue weighted by atomic mass is 9.95. The van der Waals surface area contributed by atoms with E-state index in [4.69, 9.17) is 4.98 Å². The number of benzene rings is 5. The summed E-state index contributed by atoms with van der Waals surface area (Å²) in [5, 5.41) is 0. The Morgan fingerprint density at radius 3 is 1.59 bits per heavy atom.